The summed E-state index contributed by atoms with van der Waals surface area (Å²) >= 11 is 0. The number of amides is 2. The molecule has 0 aliphatic carbocycles. The second-order valence-corrected chi connectivity index (χ2v) is 8.63. The lowest BCUT2D eigenvalue weighted by Gasteiger charge is -2.27. The zero-order valence-electron chi connectivity index (χ0n) is 17.8. The molecule has 8 nitrogen and oxygen atoms in total. The molecule has 2 aromatic carbocycles. The molecular formula is C21H28N2O6S. The van der Waals surface area contributed by atoms with E-state index in [1.807, 2.05) is 19.9 Å². The molecule has 0 aliphatic rings. The van der Waals surface area contributed by atoms with E-state index in [1.165, 1.54) is 21.1 Å². The molecule has 9 heteroatoms. The van der Waals surface area contributed by atoms with Crippen LogP contribution in [-0.2, 0) is 16.7 Å². The first kappa shape index (κ1) is 23.3. The lowest BCUT2D eigenvalue weighted by molar-refractivity contribution is 0.193. The fraction of sp³-hybridized carbons (Fsp3) is 0.381. The van der Waals surface area contributed by atoms with Gasteiger partial charge >= 0.3 is 16.1 Å². The molecular weight excluding hydrogens is 408 g/mol. The number of nitrogens with one attached hydrogen (secondary N) is 1. The summed E-state index contributed by atoms with van der Waals surface area (Å²) < 4.78 is 39.4. The van der Waals surface area contributed by atoms with Gasteiger partial charge in [-0.3, -0.25) is 0 Å². The van der Waals surface area contributed by atoms with E-state index in [2.05, 4.69) is 5.32 Å². The van der Waals surface area contributed by atoms with Crippen molar-refractivity contribution in [1.29, 1.82) is 0 Å². The number of carbonyl (C=O) groups excluding carboxylic acids is 1. The van der Waals surface area contributed by atoms with Crippen LogP contribution in [0.25, 0.3) is 0 Å². The highest BCUT2D eigenvalue weighted by Gasteiger charge is 2.21. The Morgan fingerprint density at radius 1 is 1.03 bits per heavy atom. The zero-order chi connectivity index (χ0) is 22.3. The van der Waals surface area contributed by atoms with E-state index in [4.69, 9.17) is 13.7 Å². The highest BCUT2D eigenvalue weighted by Crippen LogP contribution is 2.30. The SMILES string of the molecule is CCS(=O)(=O)Oc1cc(CN(C(=O)Nc2ccccc2OC)C(C)C)ccc1OC. The van der Waals surface area contributed by atoms with Crippen molar-refractivity contribution in [3.63, 3.8) is 0 Å². The summed E-state index contributed by atoms with van der Waals surface area (Å²) in [5.74, 6) is 0.773. The van der Waals surface area contributed by atoms with Gasteiger partial charge in [-0.25, -0.2) is 4.79 Å². The molecule has 164 valence electrons. The third kappa shape index (κ3) is 6.03. The third-order valence-corrected chi connectivity index (χ3v) is 5.52. The average molecular weight is 437 g/mol. The van der Waals surface area contributed by atoms with Crippen LogP contribution in [-0.4, -0.2) is 45.4 Å². The quantitative estimate of drug-likeness (QED) is 0.600. The van der Waals surface area contributed by atoms with Gasteiger partial charge in [0.2, 0.25) is 0 Å². The van der Waals surface area contributed by atoms with Gasteiger partial charge in [0.05, 0.1) is 25.7 Å². The summed E-state index contributed by atoms with van der Waals surface area (Å²) in [6, 6.07) is 11.7. The maximum absolute atomic E-state index is 12.9. The van der Waals surface area contributed by atoms with E-state index in [9.17, 15) is 13.2 Å². The molecule has 2 rings (SSSR count). The van der Waals surface area contributed by atoms with Crippen LogP contribution in [0, 0.1) is 0 Å². The van der Waals surface area contributed by atoms with Crippen molar-refractivity contribution >= 4 is 21.8 Å². The minimum absolute atomic E-state index is 0.0886. The number of ether oxygens (including phenoxy) is 2. The summed E-state index contributed by atoms with van der Waals surface area (Å²) in [6.07, 6.45) is 0. The van der Waals surface area contributed by atoms with Crippen LogP contribution in [0.1, 0.15) is 26.3 Å². The summed E-state index contributed by atoms with van der Waals surface area (Å²) in [5, 5.41) is 2.86. The van der Waals surface area contributed by atoms with Gasteiger partial charge < -0.3 is 23.9 Å². The molecule has 0 heterocycles. The number of benzene rings is 2. The number of hydrogen-bond acceptors (Lipinski definition) is 6. The van der Waals surface area contributed by atoms with E-state index in [0.29, 0.717) is 22.7 Å². The molecule has 2 amide bonds. The van der Waals surface area contributed by atoms with Gasteiger partial charge in [-0.15, -0.1) is 0 Å². The molecule has 0 bridgehead atoms. The van der Waals surface area contributed by atoms with E-state index in [-0.39, 0.29) is 30.1 Å². The number of hydrogen-bond donors (Lipinski definition) is 1. The van der Waals surface area contributed by atoms with Crippen LogP contribution in [0.4, 0.5) is 10.5 Å². The monoisotopic (exact) mass is 436 g/mol. The Kier molecular flexibility index (Phi) is 7.93. The highest BCUT2D eigenvalue weighted by atomic mass is 32.2. The van der Waals surface area contributed by atoms with Crippen molar-refractivity contribution in [3.05, 3.63) is 48.0 Å². The standard InChI is InChI=1S/C21H28N2O6S/c1-6-30(25,26)29-20-13-16(11-12-19(20)28-5)14-23(15(2)3)21(24)22-17-9-7-8-10-18(17)27-4/h7-13,15H,6,14H2,1-5H3,(H,22,24). The lowest BCUT2D eigenvalue weighted by Crippen LogP contribution is -2.39. The van der Waals surface area contributed by atoms with Crippen molar-refractivity contribution in [2.75, 3.05) is 25.3 Å². The van der Waals surface area contributed by atoms with Crippen LogP contribution in [0.2, 0.25) is 0 Å². The Balaban J connectivity index is 2.26. The number of rotatable bonds is 9. The van der Waals surface area contributed by atoms with Gasteiger partial charge in [0.1, 0.15) is 5.75 Å². The first-order chi connectivity index (χ1) is 14.2. The number of urea groups is 1. The minimum Gasteiger partial charge on any atom is -0.495 e. The Morgan fingerprint density at radius 3 is 2.30 bits per heavy atom. The van der Waals surface area contributed by atoms with E-state index in [0.717, 1.165) is 0 Å². The molecule has 0 radical (unpaired) electrons. The Bertz CT molecular complexity index is 975. The van der Waals surface area contributed by atoms with Gasteiger partial charge in [0, 0.05) is 12.6 Å². The summed E-state index contributed by atoms with van der Waals surface area (Å²) in [5.41, 5.74) is 1.25. The summed E-state index contributed by atoms with van der Waals surface area (Å²) in [4.78, 5) is 14.5. The van der Waals surface area contributed by atoms with Crippen molar-refractivity contribution in [2.45, 2.75) is 33.4 Å². The topological polar surface area (TPSA) is 94.2 Å². The maximum atomic E-state index is 12.9. The predicted molar refractivity (Wildman–Crippen MR) is 116 cm³/mol. The minimum atomic E-state index is -3.72. The summed E-state index contributed by atoms with van der Waals surface area (Å²) in [7, 11) is -0.750. The van der Waals surface area contributed by atoms with Gasteiger partial charge in [-0.2, -0.15) is 8.42 Å². The van der Waals surface area contributed by atoms with Crippen LogP contribution >= 0.6 is 0 Å². The zero-order valence-corrected chi connectivity index (χ0v) is 18.7. The molecule has 30 heavy (non-hydrogen) atoms. The van der Waals surface area contributed by atoms with Crippen molar-refractivity contribution in [1.82, 2.24) is 4.90 Å². The van der Waals surface area contributed by atoms with Crippen LogP contribution in [0.3, 0.4) is 0 Å². The number of nitrogens with zero attached hydrogens (tertiary/aromatic N) is 1. The molecule has 0 saturated heterocycles. The van der Waals surface area contributed by atoms with Gasteiger partial charge in [-0.1, -0.05) is 18.2 Å². The molecule has 0 saturated carbocycles. The molecule has 1 N–H and O–H groups in total. The lowest BCUT2D eigenvalue weighted by atomic mass is 10.1. The average Bonchev–Trinajstić information content (AvgIpc) is 2.72. The van der Waals surface area contributed by atoms with Crippen LogP contribution < -0.4 is 19.0 Å². The van der Waals surface area contributed by atoms with Crippen LogP contribution in [0.5, 0.6) is 17.2 Å². The van der Waals surface area contributed by atoms with E-state index >= 15 is 0 Å². The van der Waals surface area contributed by atoms with Crippen LogP contribution in [0.15, 0.2) is 42.5 Å². The van der Waals surface area contributed by atoms with Crippen molar-refractivity contribution < 1.29 is 26.9 Å². The second kappa shape index (κ2) is 10.2. The fourth-order valence-electron chi connectivity index (χ4n) is 2.70. The summed E-state index contributed by atoms with van der Waals surface area (Å²) in [6.45, 7) is 5.52. The maximum Gasteiger partial charge on any atom is 0.322 e. The molecule has 2 aromatic rings. The Labute approximate surface area is 177 Å². The first-order valence-corrected chi connectivity index (χ1v) is 11.1. The van der Waals surface area contributed by atoms with Crippen molar-refractivity contribution in [2.24, 2.45) is 0 Å². The van der Waals surface area contributed by atoms with Crippen molar-refractivity contribution in [3.8, 4) is 17.2 Å². The molecule has 0 spiro atoms. The largest absolute Gasteiger partial charge is 0.495 e. The fourth-order valence-corrected chi connectivity index (χ4v) is 3.22. The Morgan fingerprint density at radius 2 is 1.70 bits per heavy atom. The van der Waals surface area contributed by atoms with E-state index in [1.54, 1.807) is 41.3 Å². The van der Waals surface area contributed by atoms with Gasteiger partial charge in [-0.05, 0) is 50.6 Å². The smallest absolute Gasteiger partial charge is 0.322 e. The first-order valence-electron chi connectivity index (χ1n) is 9.50. The normalized spacial score (nSPS) is 11.1. The van der Waals surface area contributed by atoms with Gasteiger partial charge in [0.15, 0.2) is 11.5 Å². The molecule has 0 unspecified atom stereocenters. The predicted octanol–water partition coefficient (Wildman–Crippen LogP) is 3.87. The third-order valence-electron chi connectivity index (χ3n) is 4.38. The second-order valence-electron chi connectivity index (χ2n) is 6.77. The van der Waals surface area contributed by atoms with Gasteiger partial charge in [0.25, 0.3) is 0 Å². The number of methoxy groups -OCH3 is 2. The molecule has 0 fully saturated rings. The van der Waals surface area contributed by atoms with E-state index < -0.39 is 10.1 Å². The Hall–Kier alpha value is -2.94. The number of anilines is 1. The number of para-hydroxylation sites is 2. The highest BCUT2D eigenvalue weighted by molar-refractivity contribution is 7.87. The molecule has 0 aromatic heterocycles. The number of carbonyl (C=O) groups is 1. The molecule has 0 aliphatic heterocycles. The molecule has 0 atom stereocenters.